The van der Waals surface area contributed by atoms with Crippen LogP contribution in [0.25, 0.3) is 11.0 Å². The quantitative estimate of drug-likeness (QED) is 0.731. The lowest BCUT2D eigenvalue weighted by molar-refractivity contribution is 0.445. The zero-order chi connectivity index (χ0) is 14.8. The maximum absolute atomic E-state index is 5.85. The van der Waals surface area contributed by atoms with Gasteiger partial charge in [-0.05, 0) is 24.6 Å². The summed E-state index contributed by atoms with van der Waals surface area (Å²) in [7, 11) is 0. The van der Waals surface area contributed by atoms with E-state index in [0.29, 0.717) is 6.54 Å². The average Bonchev–Trinajstić information content (AvgIpc) is 3.05. The Kier molecular flexibility index (Phi) is 3.64. The lowest BCUT2D eigenvalue weighted by Gasteiger charge is -2.06. The number of imidazole rings is 1. The van der Waals surface area contributed by atoms with Gasteiger partial charge in [-0.2, -0.15) is 0 Å². The summed E-state index contributed by atoms with van der Waals surface area (Å²) >= 11 is 0. The second kappa shape index (κ2) is 5.60. The topological polar surface area (TPSA) is 69.9 Å². The summed E-state index contributed by atoms with van der Waals surface area (Å²) in [6, 6.07) is 5.84. The maximum Gasteiger partial charge on any atom is 0.214 e. The fraction of sp³-hybridized carbons (Fsp3) is 0.375. The Morgan fingerprint density at radius 3 is 2.86 bits per heavy atom. The molecule has 21 heavy (non-hydrogen) atoms. The molecule has 0 bridgehead atoms. The van der Waals surface area contributed by atoms with E-state index < -0.39 is 0 Å². The van der Waals surface area contributed by atoms with E-state index >= 15 is 0 Å². The Morgan fingerprint density at radius 1 is 1.29 bits per heavy atom. The van der Waals surface area contributed by atoms with Gasteiger partial charge in [0.2, 0.25) is 5.89 Å². The molecule has 0 aliphatic carbocycles. The Balaban J connectivity index is 2.03. The highest BCUT2D eigenvalue weighted by Crippen LogP contribution is 2.21. The predicted octanol–water partition coefficient (Wildman–Crippen LogP) is 3.17. The molecule has 3 aromatic rings. The van der Waals surface area contributed by atoms with Gasteiger partial charge in [0, 0.05) is 18.5 Å². The van der Waals surface area contributed by atoms with Gasteiger partial charge in [-0.15, -0.1) is 0 Å². The first-order chi connectivity index (χ1) is 10.2. The fourth-order valence-electron chi connectivity index (χ4n) is 2.51. The molecule has 0 aliphatic heterocycles. The van der Waals surface area contributed by atoms with Gasteiger partial charge >= 0.3 is 0 Å². The van der Waals surface area contributed by atoms with Crippen LogP contribution in [0.4, 0.5) is 5.69 Å². The number of aromatic nitrogens is 3. The zero-order valence-corrected chi connectivity index (χ0v) is 12.5. The van der Waals surface area contributed by atoms with E-state index in [0.717, 1.165) is 53.5 Å². The highest BCUT2D eigenvalue weighted by molar-refractivity contribution is 5.79. The minimum atomic E-state index is 0.607. The molecule has 110 valence electrons. The number of oxazole rings is 1. The lowest BCUT2D eigenvalue weighted by atomic mass is 10.3. The number of aryl methyl sites for hydroxylation is 2. The Hall–Kier alpha value is -2.30. The van der Waals surface area contributed by atoms with Crippen LogP contribution >= 0.6 is 0 Å². The SMILES string of the molecule is CCCc1nc2cc(N)ccc2n1Cc1ncc(CC)o1. The van der Waals surface area contributed by atoms with Crippen LogP contribution in [-0.2, 0) is 19.4 Å². The summed E-state index contributed by atoms with van der Waals surface area (Å²) in [6.45, 7) is 4.82. The van der Waals surface area contributed by atoms with Gasteiger partial charge in [-0.1, -0.05) is 13.8 Å². The summed E-state index contributed by atoms with van der Waals surface area (Å²) in [5.41, 5.74) is 8.59. The van der Waals surface area contributed by atoms with Crippen molar-refractivity contribution in [3.05, 3.63) is 41.9 Å². The van der Waals surface area contributed by atoms with E-state index in [1.165, 1.54) is 0 Å². The average molecular weight is 284 g/mol. The number of rotatable bonds is 5. The monoisotopic (exact) mass is 284 g/mol. The molecule has 0 aliphatic rings. The number of nitrogens with zero attached hydrogens (tertiary/aromatic N) is 3. The van der Waals surface area contributed by atoms with Gasteiger partial charge in [-0.25, -0.2) is 9.97 Å². The Bertz CT molecular complexity index is 757. The Morgan fingerprint density at radius 2 is 2.14 bits per heavy atom. The van der Waals surface area contributed by atoms with Gasteiger partial charge in [0.1, 0.15) is 18.1 Å². The molecule has 3 rings (SSSR count). The molecular weight excluding hydrogens is 264 g/mol. The van der Waals surface area contributed by atoms with Crippen molar-refractivity contribution in [2.45, 2.75) is 39.7 Å². The van der Waals surface area contributed by atoms with Gasteiger partial charge in [0.15, 0.2) is 0 Å². The molecule has 0 spiro atoms. The van der Waals surface area contributed by atoms with Crippen molar-refractivity contribution >= 4 is 16.7 Å². The molecule has 0 radical (unpaired) electrons. The van der Waals surface area contributed by atoms with Crippen molar-refractivity contribution in [1.82, 2.24) is 14.5 Å². The largest absolute Gasteiger partial charge is 0.444 e. The summed E-state index contributed by atoms with van der Waals surface area (Å²) in [5.74, 6) is 2.69. The van der Waals surface area contributed by atoms with E-state index in [1.807, 2.05) is 18.2 Å². The molecule has 0 atom stereocenters. The minimum Gasteiger partial charge on any atom is -0.444 e. The highest BCUT2D eigenvalue weighted by Gasteiger charge is 2.13. The summed E-state index contributed by atoms with van der Waals surface area (Å²) in [5, 5.41) is 0. The number of anilines is 1. The van der Waals surface area contributed by atoms with E-state index in [-0.39, 0.29) is 0 Å². The number of fused-ring (bicyclic) bond motifs is 1. The van der Waals surface area contributed by atoms with Crippen molar-refractivity contribution in [2.75, 3.05) is 5.73 Å². The third kappa shape index (κ3) is 2.63. The van der Waals surface area contributed by atoms with Crippen LogP contribution in [0, 0.1) is 0 Å². The normalized spacial score (nSPS) is 11.3. The van der Waals surface area contributed by atoms with Gasteiger partial charge in [-0.3, -0.25) is 0 Å². The van der Waals surface area contributed by atoms with Gasteiger partial charge < -0.3 is 14.7 Å². The molecule has 2 aromatic heterocycles. The van der Waals surface area contributed by atoms with Crippen LogP contribution in [0.1, 0.15) is 37.7 Å². The van der Waals surface area contributed by atoms with E-state index in [4.69, 9.17) is 15.1 Å². The minimum absolute atomic E-state index is 0.607. The van der Waals surface area contributed by atoms with E-state index in [2.05, 4.69) is 23.4 Å². The molecule has 0 saturated carbocycles. The van der Waals surface area contributed by atoms with Crippen LogP contribution in [0.5, 0.6) is 0 Å². The molecule has 1 aromatic carbocycles. The second-order valence-corrected chi connectivity index (χ2v) is 5.19. The number of hydrogen-bond acceptors (Lipinski definition) is 4. The number of nitrogen functional groups attached to an aromatic ring is 1. The standard InChI is InChI=1S/C16H20N4O/c1-3-5-15-19-13-8-11(17)6-7-14(13)20(15)10-16-18-9-12(4-2)21-16/h6-9H,3-5,10,17H2,1-2H3. The van der Waals surface area contributed by atoms with Crippen LogP contribution in [0.2, 0.25) is 0 Å². The van der Waals surface area contributed by atoms with Gasteiger partial charge in [0.25, 0.3) is 0 Å². The maximum atomic E-state index is 5.85. The van der Waals surface area contributed by atoms with Crippen LogP contribution < -0.4 is 5.73 Å². The number of benzene rings is 1. The first-order valence-electron chi connectivity index (χ1n) is 7.39. The van der Waals surface area contributed by atoms with Crippen molar-refractivity contribution < 1.29 is 4.42 Å². The third-order valence-electron chi connectivity index (χ3n) is 3.57. The van der Waals surface area contributed by atoms with Crippen LogP contribution in [0.15, 0.2) is 28.8 Å². The molecule has 0 fully saturated rings. The molecule has 2 N–H and O–H groups in total. The summed E-state index contributed by atoms with van der Waals surface area (Å²) in [6.07, 6.45) is 4.63. The second-order valence-electron chi connectivity index (χ2n) is 5.19. The smallest absolute Gasteiger partial charge is 0.214 e. The molecule has 0 amide bonds. The van der Waals surface area contributed by atoms with Crippen molar-refractivity contribution in [3.8, 4) is 0 Å². The first-order valence-corrected chi connectivity index (χ1v) is 7.39. The molecule has 0 unspecified atom stereocenters. The summed E-state index contributed by atoms with van der Waals surface area (Å²) in [4.78, 5) is 9.05. The highest BCUT2D eigenvalue weighted by atomic mass is 16.4. The lowest BCUT2D eigenvalue weighted by Crippen LogP contribution is -2.05. The molecule has 5 heteroatoms. The number of hydrogen-bond donors (Lipinski definition) is 1. The molecule has 0 saturated heterocycles. The fourth-order valence-corrected chi connectivity index (χ4v) is 2.51. The van der Waals surface area contributed by atoms with Crippen molar-refractivity contribution in [2.24, 2.45) is 0 Å². The zero-order valence-electron chi connectivity index (χ0n) is 12.5. The van der Waals surface area contributed by atoms with E-state index in [1.54, 1.807) is 6.20 Å². The first kappa shape index (κ1) is 13.7. The third-order valence-corrected chi connectivity index (χ3v) is 3.57. The van der Waals surface area contributed by atoms with Gasteiger partial charge in [0.05, 0.1) is 17.2 Å². The van der Waals surface area contributed by atoms with Crippen molar-refractivity contribution in [1.29, 1.82) is 0 Å². The molecular formula is C16H20N4O. The van der Waals surface area contributed by atoms with Crippen LogP contribution in [-0.4, -0.2) is 14.5 Å². The molecule has 5 nitrogen and oxygen atoms in total. The van der Waals surface area contributed by atoms with Crippen molar-refractivity contribution in [3.63, 3.8) is 0 Å². The number of nitrogens with two attached hydrogens (primary N) is 1. The Labute approximate surface area is 123 Å². The van der Waals surface area contributed by atoms with E-state index in [9.17, 15) is 0 Å². The predicted molar refractivity (Wildman–Crippen MR) is 83.1 cm³/mol. The summed E-state index contributed by atoms with van der Waals surface area (Å²) < 4.78 is 7.90. The van der Waals surface area contributed by atoms with Crippen LogP contribution in [0.3, 0.4) is 0 Å². The molecule has 2 heterocycles.